The minimum Gasteiger partial charge on any atom is -0.462 e. The second-order valence-corrected chi connectivity index (χ2v) is 11.5. The Kier molecular flexibility index (Phi) is 8.83. The van der Waals surface area contributed by atoms with E-state index in [1.807, 2.05) is 35.7 Å². The molecule has 1 amide bonds. The van der Waals surface area contributed by atoms with E-state index >= 15 is 0 Å². The highest BCUT2D eigenvalue weighted by atomic mass is 32.2. The van der Waals surface area contributed by atoms with Crippen molar-refractivity contribution in [2.45, 2.75) is 52.2 Å². The van der Waals surface area contributed by atoms with Gasteiger partial charge in [0.1, 0.15) is 10.6 Å². The van der Waals surface area contributed by atoms with Crippen molar-refractivity contribution in [3.05, 3.63) is 57.1 Å². The number of carbonyl (C=O) groups is 2. The van der Waals surface area contributed by atoms with Crippen molar-refractivity contribution in [2.24, 2.45) is 0 Å². The van der Waals surface area contributed by atoms with Crippen LogP contribution in [0.2, 0.25) is 0 Å². The van der Waals surface area contributed by atoms with Crippen LogP contribution < -0.4 is 5.32 Å². The highest BCUT2D eigenvalue weighted by Crippen LogP contribution is 2.37. The number of aryl methyl sites for hydroxylation is 1. The number of esters is 1. The minimum atomic E-state index is -0.451. The second kappa shape index (κ2) is 12.1. The number of ether oxygens (including phenoxy) is 1. The van der Waals surface area contributed by atoms with Crippen molar-refractivity contribution in [3.63, 3.8) is 0 Å². The molecule has 0 spiro atoms. The average Bonchev–Trinajstić information content (AvgIpc) is 3.59. The van der Waals surface area contributed by atoms with E-state index in [0.29, 0.717) is 15.7 Å². The molecule has 1 N–H and O–H groups in total. The normalized spacial score (nSPS) is 11.2. The van der Waals surface area contributed by atoms with Crippen molar-refractivity contribution in [1.82, 2.24) is 14.8 Å². The van der Waals surface area contributed by atoms with Gasteiger partial charge in [0.2, 0.25) is 5.91 Å². The Morgan fingerprint density at radius 2 is 1.81 bits per heavy atom. The molecule has 0 saturated carbocycles. The molecule has 3 heterocycles. The number of anilines is 1. The van der Waals surface area contributed by atoms with Gasteiger partial charge in [0.15, 0.2) is 11.0 Å². The van der Waals surface area contributed by atoms with E-state index in [2.05, 4.69) is 53.2 Å². The molecule has 0 saturated heterocycles. The van der Waals surface area contributed by atoms with Gasteiger partial charge in [-0.3, -0.25) is 9.36 Å². The summed E-state index contributed by atoms with van der Waals surface area (Å²) in [6.45, 7) is 10.5. The topological polar surface area (TPSA) is 86.1 Å². The number of nitrogens with one attached hydrogen (secondary N) is 1. The van der Waals surface area contributed by atoms with Crippen LogP contribution >= 0.6 is 34.4 Å². The molecule has 4 rings (SSSR count). The average molecular weight is 555 g/mol. The Balaban J connectivity index is 1.54. The van der Waals surface area contributed by atoms with E-state index in [4.69, 9.17) is 4.74 Å². The molecule has 0 fully saturated rings. The van der Waals surface area contributed by atoms with Crippen LogP contribution in [0.4, 0.5) is 5.00 Å². The van der Waals surface area contributed by atoms with Crippen LogP contribution in [-0.2, 0) is 16.0 Å². The molecule has 0 atom stereocenters. The van der Waals surface area contributed by atoms with Crippen LogP contribution in [-0.4, -0.2) is 39.0 Å². The maximum Gasteiger partial charge on any atom is 0.341 e. The van der Waals surface area contributed by atoms with Gasteiger partial charge in [0.05, 0.1) is 12.4 Å². The Morgan fingerprint density at radius 3 is 2.49 bits per heavy atom. The Morgan fingerprint density at radius 1 is 1.08 bits per heavy atom. The van der Waals surface area contributed by atoms with Crippen molar-refractivity contribution >= 4 is 51.3 Å². The van der Waals surface area contributed by atoms with Crippen molar-refractivity contribution in [2.75, 3.05) is 17.7 Å². The first-order chi connectivity index (χ1) is 17.8. The largest absolute Gasteiger partial charge is 0.462 e. The van der Waals surface area contributed by atoms with E-state index < -0.39 is 5.97 Å². The first-order valence-corrected chi connectivity index (χ1v) is 14.9. The number of hydrogen-bond acceptors (Lipinski definition) is 8. The maximum atomic E-state index is 13.0. The fourth-order valence-electron chi connectivity index (χ4n) is 4.11. The number of carbonyl (C=O) groups excluding carboxylic acids is 2. The third-order valence-corrected chi connectivity index (χ3v) is 8.61. The smallest absolute Gasteiger partial charge is 0.341 e. The van der Waals surface area contributed by atoms with Gasteiger partial charge < -0.3 is 10.1 Å². The van der Waals surface area contributed by atoms with Gasteiger partial charge in [-0.25, -0.2) is 4.79 Å². The molecule has 1 aromatic carbocycles. The Hall–Kier alpha value is -2.95. The fourth-order valence-corrected chi connectivity index (χ4v) is 6.89. The quantitative estimate of drug-likeness (QED) is 0.166. The Labute approximate surface area is 229 Å². The summed E-state index contributed by atoms with van der Waals surface area (Å²) >= 11 is 4.37. The lowest BCUT2D eigenvalue weighted by molar-refractivity contribution is -0.113. The van der Waals surface area contributed by atoms with E-state index in [-0.39, 0.29) is 24.3 Å². The monoisotopic (exact) mass is 554 g/mol. The molecule has 7 nitrogen and oxygen atoms in total. The lowest BCUT2D eigenvalue weighted by Crippen LogP contribution is -2.17. The number of rotatable bonds is 10. The Bertz CT molecular complexity index is 1390. The molecule has 0 unspecified atom stereocenters. The molecule has 4 aromatic rings. The summed E-state index contributed by atoms with van der Waals surface area (Å²) in [5, 5.41) is 17.0. The highest BCUT2D eigenvalue weighted by Gasteiger charge is 2.24. The highest BCUT2D eigenvalue weighted by molar-refractivity contribution is 7.99. The van der Waals surface area contributed by atoms with Gasteiger partial charge in [0.25, 0.3) is 0 Å². The number of thiophene rings is 2. The summed E-state index contributed by atoms with van der Waals surface area (Å²) in [4.78, 5) is 27.1. The van der Waals surface area contributed by atoms with Gasteiger partial charge in [-0.2, -0.15) is 0 Å². The van der Waals surface area contributed by atoms with Gasteiger partial charge in [-0.1, -0.05) is 49.0 Å². The molecule has 0 aliphatic carbocycles. The zero-order valence-corrected chi connectivity index (χ0v) is 24.0. The lowest BCUT2D eigenvalue weighted by Gasteiger charge is -2.14. The number of nitrogens with zero attached hydrogens (tertiary/aromatic N) is 3. The van der Waals surface area contributed by atoms with Gasteiger partial charge in [-0.05, 0) is 45.2 Å². The van der Waals surface area contributed by atoms with Gasteiger partial charge >= 0.3 is 5.97 Å². The number of thioether (sulfide) groups is 1. The minimum absolute atomic E-state index is 0.126. The van der Waals surface area contributed by atoms with Crippen LogP contribution in [0.5, 0.6) is 0 Å². The van der Waals surface area contributed by atoms with E-state index in [0.717, 1.165) is 28.9 Å². The second-order valence-electron chi connectivity index (χ2n) is 8.58. The predicted molar refractivity (Wildman–Crippen MR) is 153 cm³/mol. The summed E-state index contributed by atoms with van der Waals surface area (Å²) in [5.41, 5.74) is 4.41. The molecule has 3 aromatic heterocycles. The van der Waals surface area contributed by atoms with E-state index in [1.54, 1.807) is 18.3 Å². The first-order valence-electron chi connectivity index (χ1n) is 12.1. The number of aromatic nitrogens is 3. The van der Waals surface area contributed by atoms with Crippen LogP contribution in [0.3, 0.4) is 0 Å². The summed E-state index contributed by atoms with van der Waals surface area (Å²) < 4.78 is 7.38. The van der Waals surface area contributed by atoms with Crippen LogP contribution in [0.1, 0.15) is 54.5 Å². The van der Waals surface area contributed by atoms with Gasteiger partial charge in [0, 0.05) is 32.8 Å². The molecular formula is C27H30N4O3S3. The van der Waals surface area contributed by atoms with Crippen molar-refractivity contribution in [3.8, 4) is 22.5 Å². The molecule has 194 valence electrons. The molecule has 0 radical (unpaired) electrons. The van der Waals surface area contributed by atoms with E-state index in [9.17, 15) is 9.59 Å². The van der Waals surface area contributed by atoms with Crippen LogP contribution in [0, 0.1) is 6.92 Å². The molecule has 0 aliphatic heterocycles. The van der Waals surface area contributed by atoms with Crippen molar-refractivity contribution < 1.29 is 14.3 Å². The fraction of sp³-hybridized carbons (Fsp3) is 0.333. The van der Waals surface area contributed by atoms with Gasteiger partial charge in [-0.15, -0.1) is 32.9 Å². The number of hydrogen-bond donors (Lipinski definition) is 1. The molecule has 10 heteroatoms. The summed E-state index contributed by atoms with van der Waals surface area (Å²) in [6.07, 6.45) is 0.926. The van der Waals surface area contributed by atoms with E-state index in [1.165, 1.54) is 33.5 Å². The predicted octanol–water partition coefficient (Wildman–Crippen LogP) is 7.09. The maximum absolute atomic E-state index is 13.0. The molecular weight excluding hydrogens is 525 g/mol. The lowest BCUT2D eigenvalue weighted by atomic mass is 10.0. The zero-order valence-electron chi connectivity index (χ0n) is 21.5. The standard InChI is InChI=1S/C27H30N4O3S3/c1-6-19-17(5)35-14-21(19)24-29-30-27(31(24)16(3)4)37-15-22(32)28-25-23(26(33)34-7-2)20(13-36-25)18-11-9-8-10-12-18/h8-14,16H,6-7,15H2,1-5H3,(H,28,32). The molecule has 0 aliphatic rings. The molecule has 37 heavy (non-hydrogen) atoms. The summed E-state index contributed by atoms with van der Waals surface area (Å²) in [6, 6.07) is 9.74. The summed E-state index contributed by atoms with van der Waals surface area (Å²) in [7, 11) is 0. The molecule has 0 bridgehead atoms. The van der Waals surface area contributed by atoms with Crippen LogP contribution in [0.15, 0.2) is 46.2 Å². The van der Waals surface area contributed by atoms with Crippen LogP contribution in [0.25, 0.3) is 22.5 Å². The SMILES string of the molecule is CCOC(=O)c1c(-c2ccccc2)csc1NC(=O)CSc1nnc(-c2csc(C)c2CC)n1C(C)C. The number of benzene rings is 1. The summed E-state index contributed by atoms with van der Waals surface area (Å²) in [5.74, 6) is 0.286. The number of amides is 1. The zero-order chi connectivity index (χ0) is 26.5. The third-order valence-electron chi connectivity index (χ3n) is 5.82. The van der Waals surface area contributed by atoms with Crippen molar-refractivity contribution in [1.29, 1.82) is 0 Å². The first kappa shape index (κ1) is 27.1. The third kappa shape index (κ3) is 5.81.